The van der Waals surface area contributed by atoms with Gasteiger partial charge < -0.3 is 29.2 Å². The Labute approximate surface area is 147 Å². The molecule has 0 amide bonds. The summed E-state index contributed by atoms with van der Waals surface area (Å²) in [6.45, 7) is 3.49. The molecule has 6 nitrogen and oxygen atoms in total. The highest BCUT2D eigenvalue weighted by Gasteiger charge is 2.03. The predicted octanol–water partition coefficient (Wildman–Crippen LogP) is 2.16. The molecule has 0 rings (SSSR count). The maximum atomic E-state index is 9.44. The summed E-state index contributed by atoms with van der Waals surface area (Å²) in [5.74, 6) is 0. The molecule has 0 heterocycles. The van der Waals surface area contributed by atoms with Gasteiger partial charge in [-0.3, -0.25) is 0 Å². The number of aliphatic hydroxyl groups excluding tert-OH is 2. The number of methoxy groups -OCH3 is 2. The number of unbranched alkanes of at least 4 members (excludes halogenated alkanes) is 5. The van der Waals surface area contributed by atoms with Crippen LogP contribution in [0.3, 0.4) is 0 Å². The van der Waals surface area contributed by atoms with Gasteiger partial charge in [-0.1, -0.05) is 25.7 Å². The molecule has 0 aliphatic heterocycles. The summed E-state index contributed by atoms with van der Waals surface area (Å²) in [5.41, 5.74) is 0. The largest absolute Gasteiger partial charge is 0.391 e. The van der Waals surface area contributed by atoms with E-state index >= 15 is 0 Å². The fourth-order valence-electron chi connectivity index (χ4n) is 2.31. The minimum absolute atomic E-state index is 0.376. The number of hydrogen-bond acceptors (Lipinski definition) is 6. The molecule has 0 aromatic carbocycles. The van der Waals surface area contributed by atoms with Crippen LogP contribution >= 0.6 is 0 Å². The molecule has 0 saturated heterocycles. The molecular weight excluding hydrogens is 312 g/mol. The van der Waals surface area contributed by atoms with E-state index in [9.17, 15) is 10.2 Å². The summed E-state index contributed by atoms with van der Waals surface area (Å²) in [7, 11) is 3.17. The van der Waals surface area contributed by atoms with Gasteiger partial charge >= 0.3 is 0 Å². The normalized spacial score (nSPS) is 14.0. The van der Waals surface area contributed by atoms with Crippen LogP contribution in [0.25, 0.3) is 0 Å². The van der Waals surface area contributed by atoms with Crippen LogP contribution in [-0.4, -0.2) is 76.3 Å². The van der Waals surface area contributed by atoms with Crippen molar-refractivity contribution in [2.45, 2.75) is 63.6 Å². The Hall–Kier alpha value is -0.240. The number of aliphatic hydroxyl groups is 2. The Morgan fingerprint density at radius 1 is 0.583 bits per heavy atom. The van der Waals surface area contributed by atoms with Crippen LogP contribution < -0.4 is 0 Å². The van der Waals surface area contributed by atoms with Crippen molar-refractivity contribution in [3.8, 4) is 0 Å². The van der Waals surface area contributed by atoms with E-state index in [0.29, 0.717) is 39.3 Å². The van der Waals surface area contributed by atoms with Crippen molar-refractivity contribution in [1.82, 2.24) is 0 Å². The molecule has 146 valence electrons. The Morgan fingerprint density at radius 3 is 1.33 bits per heavy atom. The summed E-state index contributed by atoms with van der Waals surface area (Å²) in [4.78, 5) is 0. The third-order valence-electron chi connectivity index (χ3n) is 3.74. The maximum absolute atomic E-state index is 9.44. The molecule has 6 heteroatoms. The van der Waals surface area contributed by atoms with E-state index in [1.165, 1.54) is 25.7 Å². The van der Waals surface area contributed by atoms with Crippen molar-refractivity contribution in [3.63, 3.8) is 0 Å². The maximum Gasteiger partial charge on any atom is 0.0795 e. The van der Waals surface area contributed by atoms with Crippen molar-refractivity contribution in [3.05, 3.63) is 0 Å². The zero-order valence-electron chi connectivity index (χ0n) is 15.6. The number of hydrogen-bond donors (Lipinski definition) is 2. The standard InChI is InChI=1S/C18H38O6/c1-21-15-17(19)9-13-23-11-7-5-3-4-6-8-12-24-14-10-18(20)16-22-2/h17-20H,3-16H2,1-2H3. The molecular formula is C18H38O6. The lowest BCUT2D eigenvalue weighted by molar-refractivity contribution is 0.0305. The van der Waals surface area contributed by atoms with Gasteiger partial charge in [0.2, 0.25) is 0 Å². The summed E-state index contributed by atoms with van der Waals surface area (Å²) in [6, 6.07) is 0. The summed E-state index contributed by atoms with van der Waals surface area (Å²) in [6.07, 6.45) is 7.41. The summed E-state index contributed by atoms with van der Waals surface area (Å²) < 4.78 is 20.7. The first-order valence-electron chi connectivity index (χ1n) is 9.20. The quantitative estimate of drug-likeness (QED) is 0.348. The van der Waals surface area contributed by atoms with E-state index in [0.717, 1.165) is 26.1 Å². The van der Waals surface area contributed by atoms with Crippen LogP contribution in [0.1, 0.15) is 51.4 Å². The SMILES string of the molecule is COCC(O)CCOCCCCCCCCOCCC(O)COC. The van der Waals surface area contributed by atoms with Gasteiger partial charge in [0.05, 0.1) is 25.4 Å². The zero-order chi connectivity index (χ0) is 17.9. The first-order valence-corrected chi connectivity index (χ1v) is 9.20. The molecule has 0 aliphatic rings. The van der Waals surface area contributed by atoms with Gasteiger partial charge in [-0.25, -0.2) is 0 Å². The Bertz CT molecular complexity index is 216. The second kappa shape index (κ2) is 19.1. The van der Waals surface area contributed by atoms with Gasteiger partial charge in [-0.05, 0) is 25.7 Å². The molecule has 0 bridgehead atoms. The van der Waals surface area contributed by atoms with Gasteiger partial charge in [0.25, 0.3) is 0 Å². The van der Waals surface area contributed by atoms with Crippen molar-refractivity contribution in [2.24, 2.45) is 0 Å². The molecule has 24 heavy (non-hydrogen) atoms. The molecule has 2 N–H and O–H groups in total. The zero-order valence-corrected chi connectivity index (χ0v) is 15.6. The summed E-state index contributed by atoms with van der Waals surface area (Å²) >= 11 is 0. The average molecular weight is 350 g/mol. The molecule has 2 unspecified atom stereocenters. The lowest BCUT2D eigenvalue weighted by atomic mass is 10.1. The Morgan fingerprint density at radius 2 is 0.958 bits per heavy atom. The molecule has 0 aliphatic carbocycles. The lowest BCUT2D eigenvalue weighted by Gasteiger charge is -2.10. The molecule has 2 atom stereocenters. The van der Waals surface area contributed by atoms with Crippen molar-refractivity contribution in [1.29, 1.82) is 0 Å². The molecule has 0 aromatic heterocycles. The Balaban J connectivity index is 3.07. The third kappa shape index (κ3) is 18.1. The van der Waals surface area contributed by atoms with Gasteiger partial charge in [0.1, 0.15) is 0 Å². The van der Waals surface area contributed by atoms with E-state index in [4.69, 9.17) is 18.9 Å². The predicted molar refractivity (Wildman–Crippen MR) is 94.3 cm³/mol. The molecule has 0 saturated carbocycles. The van der Waals surface area contributed by atoms with E-state index < -0.39 is 12.2 Å². The third-order valence-corrected chi connectivity index (χ3v) is 3.74. The second-order valence-corrected chi connectivity index (χ2v) is 6.14. The minimum Gasteiger partial charge on any atom is -0.391 e. The van der Waals surface area contributed by atoms with Crippen LogP contribution in [0.2, 0.25) is 0 Å². The first kappa shape index (κ1) is 23.8. The van der Waals surface area contributed by atoms with Crippen LogP contribution in [0.15, 0.2) is 0 Å². The lowest BCUT2D eigenvalue weighted by Crippen LogP contribution is -2.16. The Kier molecular flexibility index (Phi) is 18.9. The first-order chi connectivity index (χ1) is 11.7. The van der Waals surface area contributed by atoms with E-state index in [1.807, 2.05) is 0 Å². The molecule has 0 aromatic rings. The fraction of sp³-hybridized carbons (Fsp3) is 1.00. The molecule has 0 spiro atoms. The van der Waals surface area contributed by atoms with Crippen LogP contribution in [0.4, 0.5) is 0 Å². The van der Waals surface area contributed by atoms with Gasteiger partial charge in [-0.15, -0.1) is 0 Å². The second-order valence-electron chi connectivity index (χ2n) is 6.14. The number of ether oxygens (including phenoxy) is 4. The van der Waals surface area contributed by atoms with Gasteiger partial charge in [0, 0.05) is 40.6 Å². The van der Waals surface area contributed by atoms with E-state index in [1.54, 1.807) is 14.2 Å². The monoisotopic (exact) mass is 350 g/mol. The van der Waals surface area contributed by atoms with Crippen LogP contribution in [-0.2, 0) is 18.9 Å². The van der Waals surface area contributed by atoms with E-state index in [2.05, 4.69) is 0 Å². The highest BCUT2D eigenvalue weighted by Crippen LogP contribution is 2.06. The van der Waals surface area contributed by atoms with Crippen LogP contribution in [0, 0.1) is 0 Å². The number of rotatable bonds is 19. The molecule has 0 fully saturated rings. The van der Waals surface area contributed by atoms with Crippen molar-refractivity contribution < 1.29 is 29.2 Å². The fourth-order valence-corrected chi connectivity index (χ4v) is 2.31. The van der Waals surface area contributed by atoms with Gasteiger partial charge in [0.15, 0.2) is 0 Å². The van der Waals surface area contributed by atoms with Gasteiger partial charge in [-0.2, -0.15) is 0 Å². The summed E-state index contributed by atoms with van der Waals surface area (Å²) in [5, 5.41) is 18.9. The van der Waals surface area contributed by atoms with Crippen molar-refractivity contribution >= 4 is 0 Å². The minimum atomic E-state index is -0.416. The topological polar surface area (TPSA) is 77.4 Å². The van der Waals surface area contributed by atoms with Crippen molar-refractivity contribution in [2.75, 3.05) is 53.9 Å². The highest BCUT2D eigenvalue weighted by atomic mass is 16.5. The molecule has 0 radical (unpaired) electrons. The van der Waals surface area contributed by atoms with Crippen LogP contribution in [0.5, 0.6) is 0 Å². The smallest absolute Gasteiger partial charge is 0.0795 e. The van der Waals surface area contributed by atoms with E-state index in [-0.39, 0.29) is 0 Å². The highest BCUT2D eigenvalue weighted by molar-refractivity contribution is 4.53. The average Bonchev–Trinajstić information content (AvgIpc) is 2.55.